The Balaban J connectivity index is 2.46. The summed E-state index contributed by atoms with van der Waals surface area (Å²) in [5, 5.41) is 0. The largest absolute Gasteiger partial charge is 0.461 e. The maximum Gasteiger partial charge on any atom is 0.357 e. The number of rotatable bonds is 5. The van der Waals surface area contributed by atoms with E-state index in [2.05, 4.69) is 21.0 Å². The number of aliphatic imine (C=N–C) groups is 2. The minimum Gasteiger partial charge on any atom is -0.461 e. The van der Waals surface area contributed by atoms with E-state index in [-0.39, 0.29) is 12.3 Å². The van der Waals surface area contributed by atoms with Gasteiger partial charge in [-0.2, -0.15) is 4.99 Å². The molecule has 2 rings (SSSR count). The number of imidazole rings is 1. The summed E-state index contributed by atoms with van der Waals surface area (Å²) in [5.74, 6) is -0.509. The van der Waals surface area contributed by atoms with E-state index in [9.17, 15) is 4.79 Å². The number of carbonyl (C=O) groups is 1. The third-order valence-electron chi connectivity index (χ3n) is 2.63. The lowest BCUT2D eigenvalue weighted by Gasteiger charge is -2.02. The molecule has 2 aromatic rings. The molecule has 0 aliphatic heterocycles. The maximum absolute atomic E-state index is 11.9. The van der Waals surface area contributed by atoms with Crippen LogP contribution in [0, 0.1) is 0 Å². The molecule has 0 radical (unpaired) electrons. The van der Waals surface area contributed by atoms with Gasteiger partial charge >= 0.3 is 5.97 Å². The van der Waals surface area contributed by atoms with Crippen LogP contribution >= 0.6 is 0 Å². The molecule has 6 heteroatoms. The molecular formula is C15H16N4O2. The van der Waals surface area contributed by atoms with Crippen molar-refractivity contribution in [2.24, 2.45) is 9.98 Å². The lowest BCUT2D eigenvalue weighted by Crippen LogP contribution is -2.06. The van der Waals surface area contributed by atoms with Gasteiger partial charge in [0, 0.05) is 30.7 Å². The third kappa shape index (κ3) is 3.64. The van der Waals surface area contributed by atoms with Crippen LogP contribution in [0.5, 0.6) is 0 Å². The van der Waals surface area contributed by atoms with Gasteiger partial charge in [0.1, 0.15) is 5.65 Å². The van der Waals surface area contributed by atoms with Crippen molar-refractivity contribution >= 4 is 23.7 Å². The molecule has 0 aliphatic rings. The van der Waals surface area contributed by atoms with Crippen LogP contribution in [0.3, 0.4) is 0 Å². The fraction of sp³-hybridized carbons (Fsp3) is 0.267. The van der Waals surface area contributed by atoms with Gasteiger partial charge in [0.2, 0.25) is 0 Å². The van der Waals surface area contributed by atoms with Crippen LogP contribution in [0.25, 0.3) is 11.7 Å². The number of carbonyl (C=O) groups excluding carboxylic acids is 1. The zero-order valence-electron chi connectivity index (χ0n) is 12.0. The van der Waals surface area contributed by atoms with E-state index >= 15 is 0 Å². The molecule has 108 valence electrons. The van der Waals surface area contributed by atoms with Gasteiger partial charge in [0.25, 0.3) is 0 Å². The summed E-state index contributed by atoms with van der Waals surface area (Å²) < 4.78 is 6.85. The van der Waals surface area contributed by atoms with E-state index in [1.807, 2.05) is 35.9 Å². The molecule has 0 unspecified atom stereocenters. The highest BCUT2D eigenvalue weighted by Crippen LogP contribution is 2.14. The number of nitrogens with zero attached hydrogens (tertiary/aromatic N) is 4. The summed E-state index contributed by atoms with van der Waals surface area (Å²) in [4.78, 5) is 24.0. The van der Waals surface area contributed by atoms with Crippen molar-refractivity contribution in [3.63, 3.8) is 0 Å². The SMILES string of the molecule is CCN=C=N/C(=C\c1cccn2ccnc12)C(=O)OCC. The summed E-state index contributed by atoms with van der Waals surface area (Å²) in [6.45, 7) is 4.44. The van der Waals surface area contributed by atoms with E-state index in [1.54, 1.807) is 19.2 Å². The molecule has 0 saturated heterocycles. The van der Waals surface area contributed by atoms with Crippen LogP contribution < -0.4 is 0 Å². The Kier molecular flexibility index (Phi) is 5.01. The summed E-state index contributed by atoms with van der Waals surface area (Å²) >= 11 is 0. The van der Waals surface area contributed by atoms with Crippen LogP contribution in [0.4, 0.5) is 0 Å². The van der Waals surface area contributed by atoms with Crippen LogP contribution in [-0.4, -0.2) is 34.5 Å². The molecular weight excluding hydrogens is 268 g/mol. The van der Waals surface area contributed by atoms with Gasteiger partial charge in [-0.15, -0.1) is 0 Å². The Labute approximate surface area is 122 Å². The average Bonchev–Trinajstić information content (AvgIpc) is 2.96. The van der Waals surface area contributed by atoms with E-state index in [0.717, 1.165) is 11.2 Å². The van der Waals surface area contributed by atoms with Gasteiger partial charge in [-0.05, 0) is 32.1 Å². The molecule has 0 amide bonds. The number of pyridine rings is 1. The van der Waals surface area contributed by atoms with Crippen molar-refractivity contribution < 1.29 is 9.53 Å². The first kappa shape index (κ1) is 14.7. The lowest BCUT2D eigenvalue weighted by molar-refractivity contribution is -0.138. The summed E-state index contributed by atoms with van der Waals surface area (Å²) in [5.41, 5.74) is 1.65. The average molecular weight is 284 g/mol. The molecule has 0 aliphatic carbocycles. The zero-order chi connectivity index (χ0) is 15.1. The van der Waals surface area contributed by atoms with Crippen LogP contribution in [0.15, 0.2) is 46.4 Å². The number of hydrogen-bond donors (Lipinski definition) is 0. The molecule has 2 aromatic heterocycles. The Morgan fingerprint density at radius 1 is 1.48 bits per heavy atom. The number of fused-ring (bicyclic) bond motifs is 1. The molecule has 0 aromatic carbocycles. The smallest absolute Gasteiger partial charge is 0.357 e. The van der Waals surface area contributed by atoms with E-state index in [0.29, 0.717) is 6.54 Å². The van der Waals surface area contributed by atoms with Crippen molar-refractivity contribution in [2.45, 2.75) is 13.8 Å². The van der Waals surface area contributed by atoms with Gasteiger partial charge in [-0.1, -0.05) is 0 Å². The molecule has 0 fully saturated rings. The second-order valence-corrected chi connectivity index (χ2v) is 4.06. The van der Waals surface area contributed by atoms with Gasteiger partial charge in [0.05, 0.1) is 12.6 Å². The number of hydrogen-bond acceptors (Lipinski definition) is 5. The van der Waals surface area contributed by atoms with Crippen molar-refractivity contribution in [3.8, 4) is 0 Å². The minimum atomic E-state index is -0.509. The molecule has 0 saturated carbocycles. The second kappa shape index (κ2) is 7.17. The molecule has 0 N–H and O–H groups in total. The highest BCUT2D eigenvalue weighted by molar-refractivity contribution is 5.95. The first-order valence-electron chi connectivity index (χ1n) is 6.69. The topological polar surface area (TPSA) is 68.3 Å². The van der Waals surface area contributed by atoms with Gasteiger partial charge in [-0.3, -0.25) is 0 Å². The monoisotopic (exact) mass is 284 g/mol. The maximum atomic E-state index is 11.9. The van der Waals surface area contributed by atoms with Crippen molar-refractivity contribution in [3.05, 3.63) is 42.0 Å². The lowest BCUT2D eigenvalue weighted by atomic mass is 10.2. The Morgan fingerprint density at radius 2 is 2.33 bits per heavy atom. The van der Waals surface area contributed by atoms with Crippen LogP contribution in [0.2, 0.25) is 0 Å². The van der Waals surface area contributed by atoms with E-state index < -0.39 is 5.97 Å². The number of aromatic nitrogens is 2. The molecule has 0 atom stereocenters. The minimum absolute atomic E-state index is 0.144. The van der Waals surface area contributed by atoms with Crippen molar-refractivity contribution in [2.75, 3.05) is 13.2 Å². The predicted molar refractivity (Wildman–Crippen MR) is 80.2 cm³/mol. The zero-order valence-corrected chi connectivity index (χ0v) is 12.0. The third-order valence-corrected chi connectivity index (χ3v) is 2.63. The van der Waals surface area contributed by atoms with Crippen molar-refractivity contribution in [1.29, 1.82) is 0 Å². The normalized spacial score (nSPS) is 11.0. The fourth-order valence-electron chi connectivity index (χ4n) is 1.73. The first-order valence-corrected chi connectivity index (χ1v) is 6.69. The van der Waals surface area contributed by atoms with Crippen LogP contribution in [0.1, 0.15) is 19.4 Å². The van der Waals surface area contributed by atoms with E-state index in [4.69, 9.17) is 4.74 Å². The standard InChI is InChI=1S/C15H16N4O2/c1-3-16-11-18-13(15(20)21-4-2)10-12-6-5-8-19-9-7-17-14(12)19/h5-10H,3-4H2,1-2H3/b13-10-. The second-order valence-electron chi connectivity index (χ2n) is 4.06. The number of ether oxygens (including phenoxy) is 1. The summed E-state index contributed by atoms with van der Waals surface area (Å²) in [6, 6.07) is 6.21. The number of esters is 1. The van der Waals surface area contributed by atoms with Crippen molar-refractivity contribution in [1.82, 2.24) is 9.38 Å². The Morgan fingerprint density at radius 3 is 3.10 bits per heavy atom. The predicted octanol–water partition coefficient (Wildman–Crippen LogP) is 2.43. The molecule has 21 heavy (non-hydrogen) atoms. The molecule has 6 nitrogen and oxygen atoms in total. The molecule has 0 spiro atoms. The fourth-order valence-corrected chi connectivity index (χ4v) is 1.73. The van der Waals surface area contributed by atoms with Gasteiger partial charge < -0.3 is 9.14 Å². The van der Waals surface area contributed by atoms with Gasteiger partial charge in [-0.25, -0.2) is 14.8 Å². The summed E-state index contributed by atoms with van der Waals surface area (Å²) in [7, 11) is 0. The van der Waals surface area contributed by atoms with Crippen LogP contribution in [-0.2, 0) is 9.53 Å². The highest BCUT2D eigenvalue weighted by atomic mass is 16.5. The Hall–Kier alpha value is -2.72. The van der Waals surface area contributed by atoms with E-state index in [1.165, 1.54) is 0 Å². The summed E-state index contributed by atoms with van der Waals surface area (Å²) in [6.07, 6.45) is 7.03. The quantitative estimate of drug-likeness (QED) is 0.481. The highest BCUT2D eigenvalue weighted by Gasteiger charge is 2.11. The Bertz CT molecular complexity index is 720. The molecule has 2 heterocycles. The first-order chi connectivity index (χ1) is 10.3. The molecule has 0 bridgehead atoms. The van der Waals surface area contributed by atoms with Gasteiger partial charge in [0.15, 0.2) is 5.70 Å².